The van der Waals surface area contributed by atoms with Gasteiger partial charge in [-0.3, -0.25) is 4.72 Å². The van der Waals surface area contributed by atoms with Gasteiger partial charge in [-0.15, -0.1) is 0 Å². The second kappa shape index (κ2) is 8.59. The van der Waals surface area contributed by atoms with Crippen LogP contribution in [0.5, 0.6) is 0 Å². The Kier molecular flexibility index (Phi) is 7.09. The van der Waals surface area contributed by atoms with Gasteiger partial charge in [-0.2, -0.15) is 0 Å². The zero-order valence-corrected chi connectivity index (χ0v) is 12.2. The van der Waals surface area contributed by atoms with Crippen LogP contribution >= 0.6 is 0 Å². The molecule has 1 aromatic carbocycles. The standard InChI is InChI=1S/C14H19NO4S/c1-2-19-11-12-20(17,18)15-14-9-4-3-7-13(14)8-5-6-10-16/h3-4,7,9,15-16H,2,6,10-12H2,1H3. The molecule has 0 aliphatic carbocycles. The summed E-state index contributed by atoms with van der Waals surface area (Å²) < 4.78 is 31.3. The van der Waals surface area contributed by atoms with Gasteiger partial charge in [0.15, 0.2) is 0 Å². The lowest BCUT2D eigenvalue weighted by atomic mass is 10.2. The minimum absolute atomic E-state index is 0.0186. The summed E-state index contributed by atoms with van der Waals surface area (Å²) in [6.45, 7) is 2.43. The third-order valence-electron chi connectivity index (χ3n) is 2.35. The number of nitrogens with one attached hydrogen (secondary N) is 1. The smallest absolute Gasteiger partial charge is 0.235 e. The Morgan fingerprint density at radius 3 is 2.80 bits per heavy atom. The molecule has 0 radical (unpaired) electrons. The second-order valence-corrected chi connectivity index (χ2v) is 5.78. The van der Waals surface area contributed by atoms with Crippen LogP contribution in [0.3, 0.4) is 0 Å². The van der Waals surface area contributed by atoms with Gasteiger partial charge in [-0.1, -0.05) is 24.0 Å². The molecule has 2 N–H and O–H groups in total. The molecule has 0 unspecified atom stereocenters. The van der Waals surface area contributed by atoms with Crippen molar-refractivity contribution in [2.45, 2.75) is 13.3 Å². The maximum atomic E-state index is 11.9. The number of para-hydroxylation sites is 1. The fourth-order valence-corrected chi connectivity index (χ4v) is 2.38. The van der Waals surface area contributed by atoms with E-state index in [9.17, 15) is 8.42 Å². The normalized spacial score (nSPS) is 10.7. The van der Waals surface area contributed by atoms with E-state index in [-0.39, 0.29) is 19.0 Å². The number of hydrogen-bond donors (Lipinski definition) is 2. The summed E-state index contributed by atoms with van der Waals surface area (Å²) in [5.41, 5.74) is 1.02. The zero-order chi connectivity index (χ0) is 14.8. The molecule has 20 heavy (non-hydrogen) atoms. The Morgan fingerprint density at radius 1 is 1.35 bits per heavy atom. The number of anilines is 1. The van der Waals surface area contributed by atoms with E-state index in [0.29, 0.717) is 24.3 Å². The molecule has 0 spiro atoms. The minimum atomic E-state index is -3.45. The zero-order valence-electron chi connectivity index (χ0n) is 11.4. The van der Waals surface area contributed by atoms with Gasteiger partial charge < -0.3 is 9.84 Å². The molecule has 0 aliphatic rings. The van der Waals surface area contributed by atoms with Crippen LogP contribution in [0.4, 0.5) is 5.69 Å². The predicted octanol–water partition coefficient (Wildman–Crippen LogP) is 1.20. The van der Waals surface area contributed by atoms with Crippen LogP contribution < -0.4 is 4.72 Å². The summed E-state index contributed by atoms with van der Waals surface area (Å²) in [4.78, 5) is 0. The van der Waals surface area contributed by atoms with Gasteiger partial charge in [0.05, 0.1) is 24.7 Å². The highest BCUT2D eigenvalue weighted by Gasteiger charge is 2.11. The molecule has 5 nitrogen and oxygen atoms in total. The number of aliphatic hydroxyl groups is 1. The SMILES string of the molecule is CCOCCS(=O)(=O)Nc1ccccc1C#CCCO. The average Bonchev–Trinajstić information content (AvgIpc) is 2.41. The lowest BCUT2D eigenvalue weighted by molar-refractivity contribution is 0.163. The first kappa shape index (κ1) is 16.5. The Bertz CT molecular complexity index is 572. The summed E-state index contributed by atoms with van der Waals surface area (Å²) in [5.74, 6) is 5.51. The number of hydrogen-bond acceptors (Lipinski definition) is 4. The third-order valence-corrected chi connectivity index (χ3v) is 3.59. The number of aliphatic hydroxyl groups excluding tert-OH is 1. The van der Waals surface area contributed by atoms with E-state index >= 15 is 0 Å². The van der Waals surface area contributed by atoms with Crippen LogP contribution in [-0.4, -0.2) is 39.1 Å². The van der Waals surface area contributed by atoms with Crippen molar-refractivity contribution >= 4 is 15.7 Å². The van der Waals surface area contributed by atoms with E-state index in [4.69, 9.17) is 9.84 Å². The minimum Gasteiger partial charge on any atom is -0.395 e. The molecule has 0 saturated carbocycles. The van der Waals surface area contributed by atoms with Gasteiger partial charge in [-0.25, -0.2) is 8.42 Å². The molecule has 0 bridgehead atoms. The van der Waals surface area contributed by atoms with Crippen LogP contribution in [0.25, 0.3) is 0 Å². The van der Waals surface area contributed by atoms with Crippen molar-refractivity contribution in [3.05, 3.63) is 29.8 Å². The van der Waals surface area contributed by atoms with Gasteiger partial charge in [0.25, 0.3) is 0 Å². The van der Waals surface area contributed by atoms with E-state index in [1.807, 2.05) is 6.92 Å². The van der Waals surface area contributed by atoms with Crippen molar-refractivity contribution < 1.29 is 18.3 Å². The molecule has 1 aromatic rings. The van der Waals surface area contributed by atoms with Crippen LogP contribution in [0.15, 0.2) is 24.3 Å². The molecular formula is C14H19NO4S. The molecule has 0 fully saturated rings. The Hall–Kier alpha value is -1.55. The molecule has 0 atom stereocenters. The van der Waals surface area contributed by atoms with Gasteiger partial charge >= 0.3 is 0 Å². The summed E-state index contributed by atoms with van der Waals surface area (Å²) in [6.07, 6.45) is 0.353. The molecule has 110 valence electrons. The lowest BCUT2D eigenvalue weighted by Gasteiger charge is -2.09. The number of ether oxygens (including phenoxy) is 1. The summed E-state index contributed by atoms with van der Waals surface area (Å²) in [5, 5.41) is 8.69. The van der Waals surface area contributed by atoms with Gasteiger partial charge in [-0.05, 0) is 19.1 Å². The van der Waals surface area contributed by atoms with Crippen molar-refractivity contribution in [1.82, 2.24) is 0 Å². The predicted molar refractivity (Wildman–Crippen MR) is 78.9 cm³/mol. The highest BCUT2D eigenvalue weighted by atomic mass is 32.2. The number of sulfonamides is 1. The molecule has 6 heteroatoms. The monoisotopic (exact) mass is 297 g/mol. The van der Waals surface area contributed by atoms with Crippen molar-refractivity contribution in [2.75, 3.05) is 30.3 Å². The van der Waals surface area contributed by atoms with E-state index in [0.717, 1.165) is 0 Å². The van der Waals surface area contributed by atoms with E-state index < -0.39 is 10.0 Å². The van der Waals surface area contributed by atoms with Gasteiger partial charge in [0.1, 0.15) is 0 Å². The number of rotatable bonds is 7. The molecule has 0 amide bonds. The van der Waals surface area contributed by atoms with Crippen molar-refractivity contribution in [3.8, 4) is 11.8 Å². The molecule has 0 aromatic heterocycles. The third kappa shape index (κ3) is 6.06. The van der Waals surface area contributed by atoms with E-state index in [1.54, 1.807) is 24.3 Å². The first-order chi connectivity index (χ1) is 9.59. The quantitative estimate of drug-likeness (QED) is 0.586. The summed E-state index contributed by atoms with van der Waals surface area (Å²) in [7, 11) is -3.45. The molecule has 0 aliphatic heterocycles. The Morgan fingerprint density at radius 2 is 2.10 bits per heavy atom. The summed E-state index contributed by atoms with van der Waals surface area (Å²) in [6, 6.07) is 6.89. The maximum Gasteiger partial charge on any atom is 0.235 e. The van der Waals surface area contributed by atoms with Crippen LogP contribution in [0, 0.1) is 11.8 Å². The lowest BCUT2D eigenvalue weighted by Crippen LogP contribution is -2.20. The average molecular weight is 297 g/mol. The molecular weight excluding hydrogens is 278 g/mol. The highest BCUT2D eigenvalue weighted by Crippen LogP contribution is 2.15. The highest BCUT2D eigenvalue weighted by molar-refractivity contribution is 7.92. The number of benzene rings is 1. The van der Waals surface area contributed by atoms with E-state index in [1.165, 1.54) is 0 Å². The fraction of sp³-hybridized carbons (Fsp3) is 0.429. The Balaban J connectivity index is 2.79. The van der Waals surface area contributed by atoms with Crippen LogP contribution in [-0.2, 0) is 14.8 Å². The van der Waals surface area contributed by atoms with Crippen LogP contribution in [0.1, 0.15) is 18.9 Å². The largest absolute Gasteiger partial charge is 0.395 e. The Labute approximate surface area is 120 Å². The van der Waals surface area contributed by atoms with Gasteiger partial charge in [0.2, 0.25) is 10.0 Å². The summed E-state index contributed by atoms with van der Waals surface area (Å²) >= 11 is 0. The second-order valence-electron chi connectivity index (χ2n) is 3.94. The molecule has 1 rings (SSSR count). The van der Waals surface area contributed by atoms with Gasteiger partial charge in [0, 0.05) is 18.6 Å². The topological polar surface area (TPSA) is 75.6 Å². The first-order valence-corrected chi connectivity index (χ1v) is 8.01. The molecule has 0 heterocycles. The maximum absolute atomic E-state index is 11.9. The molecule has 0 saturated heterocycles. The van der Waals surface area contributed by atoms with Crippen LogP contribution in [0.2, 0.25) is 0 Å². The van der Waals surface area contributed by atoms with Crippen molar-refractivity contribution in [2.24, 2.45) is 0 Å². The first-order valence-electron chi connectivity index (χ1n) is 6.36. The fourth-order valence-electron chi connectivity index (χ4n) is 1.43. The van der Waals surface area contributed by atoms with E-state index in [2.05, 4.69) is 16.6 Å². The van der Waals surface area contributed by atoms with Crippen molar-refractivity contribution in [1.29, 1.82) is 0 Å². The van der Waals surface area contributed by atoms with Crippen molar-refractivity contribution in [3.63, 3.8) is 0 Å².